The molecule has 1 aliphatic rings. The number of hydrogen-bond donors (Lipinski definition) is 0. The highest BCUT2D eigenvalue weighted by molar-refractivity contribution is 7.89. The van der Waals surface area contributed by atoms with Crippen LogP contribution in [0.2, 0.25) is 0 Å². The monoisotopic (exact) mass is 391 g/mol. The summed E-state index contributed by atoms with van der Waals surface area (Å²) in [7, 11) is -3.48. The molecule has 1 aromatic heterocycles. The molecule has 1 unspecified atom stereocenters. The van der Waals surface area contributed by atoms with Crippen molar-refractivity contribution < 1.29 is 8.42 Å². The molecule has 3 nitrogen and oxygen atoms in total. The van der Waals surface area contributed by atoms with Gasteiger partial charge in [-0.05, 0) is 66.8 Å². The molecule has 2 aromatic rings. The maximum absolute atomic E-state index is 13.4. The summed E-state index contributed by atoms with van der Waals surface area (Å²) in [6.07, 6.45) is 5.00. The van der Waals surface area contributed by atoms with Gasteiger partial charge in [0.15, 0.2) is 0 Å². The molecule has 1 aliphatic heterocycles. The van der Waals surface area contributed by atoms with Crippen LogP contribution in [0.4, 0.5) is 0 Å². The van der Waals surface area contributed by atoms with Crippen LogP contribution >= 0.6 is 11.3 Å². The Balaban J connectivity index is 1.93. The van der Waals surface area contributed by atoms with Gasteiger partial charge in [0.1, 0.15) is 0 Å². The highest BCUT2D eigenvalue weighted by Crippen LogP contribution is 2.38. The molecule has 3 rings (SSSR count). The van der Waals surface area contributed by atoms with E-state index in [9.17, 15) is 8.42 Å². The van der Waals surface area contributed by atoms with Gasteiger partial charge >= 0.3 is 0 Å². The van der Waals surface area contributed by atoms with Gasteiger partial charge in [-0.2, -0.15) is 4.31 Å². The van der Waals surface area contributed by atoms with Gasteiger partial charge in [-0.25, -0.2) is 8.42 Å². The van der Waals surface area contributed by atoms with Gasteiger partial charge in [0.25, 0.3) is 0 Å². The molecule has 1 aromatic carbocycles. The number of nitrogens with zero attached hydrogens (tertiary/aromatic N) is 1. The van der Waals surface area contributed by atoms with E-state index in [1.165, 1.54) is 16.0 Å². The first-order valence-electron chi connectivity index (χ1n) is 9.54. The van der Waals surface area contributed by atoms with E-state index in [0.29, 0.717) is 17.4 Å². The van der Waals surface area contributed by atoms with E-state index in [0.717, 1.165) is 32.1 Å². The van der Waals surface area contributed by atoms with Crippen LogP contribution in [0.5, 0.6) is 0 Å². The first kappa shape index (κ1) is 19.6. The number of benzene rings is 1. The fourth-order valence-corrected chi connectivity index (χ4v) is 6.57. The lowest BCUT2D eigenvalue weighted by Gasteiger charge is -2.29. The molecule has 0 radical (unpaired) electrons. The normalized spacial score (nSPS) is 19.6. The fraction of sp³-hybridized carbons (Fsp3) is 0.524. The lowest BCUT2D eigenvalue weighted by molar-refractivity contribution is 0.332. The van der Waals surface area contributed by atoms with Crippen LogP contribution in [-0.2, 0) is 16.4 Å². The molecule has 0 spiro atoms. The summed E-state index contributed by atoms with van der Waals surface area (Å²) in [5, 5.41) is 2.07. The highest BCUT2D eigenvalue weighted by atomic mass is 32.2. The van der Waals surface area contributed by atoms with E-state index in [2.05, 4.69) is 32.2 Å². The van der Waals surface area contributed by atoms with E-state index in [4.69, 9.17) is 0 Å². The third-order valence-corrected chi connectivity index (χ3v) is 8.12. The second kappa shape index (κ2) is 8.24. The molecule has 0 amide bonds. The minimum Gasteiger partial charge on any atom is -0.207 e. The number of aryl methyl sites for hydroxylation is 1. The summed E-state index contributed by atoms with van der Waals surface area (Å²) >= 11 is 1.68. The van der Waals surface area contributed by atoms with Gasteiger partial charge in [-0.1, -0.05) is 38.8 Å². The summed E-state index contributed by atoms with van der Waals surface area (Å²) in [4.78, 5) is 1.62. The molecule has 0 N–H and O–H groups in total. The number of sulfonamides is 1. The molecule has 26 heavy (non-hydrogen) atoms. The van der Waals surface area contributed by atoms with Crippen LogP contribution < -0.4 is 0 Å². The van der Waals surface area contributed by atoms with E-state index >= 15 is 0 Å². The van der Waals surface area contributed by atoms with Crippen molar-refractivity contribution in [2.45, 2.75) is 63.8 Å². The van der Waals surface area contributed by atoms with E-state index in [-0.39, 0.29) is 6.04 Å². The average Bonchev–Trinajstić information content (AvgIpc) is 2.87. The molecule has 0 bridgehead atoms. The van der Waals surface area contributed by atoms with Crippen molar-refractivity contribution in [3.05, 3.63) is 51.7 Å². The Morgan fingerprint density at radius 3 is 2.46 bits per heavy atom. The Kier molecular flexibility index (Phi) is 6.21. The van der Waals surface area contributed by atoms with Gasteiger partial charge in [0, 0.05) is 11.4 Å². The van der Waals surface area contributed by atoms with Crippen LogP contribution in [-0.4, -0.2) is 19.3 Å². The quantitative estimate of drug-likeness (QED) is 0.669. The van der Waals surface area contributed by atoms with Crippen LogP contribution in [0.3, 0.4) is 0 Å². The fourth-order valence-electron chi connectivity index (χ4n) is 3.76. The topological polar surface area (TPSA) is 37.4 Å². The Labute approximate surface area is 162 Å². The number of hydrogen-bond acceptors (Lipinski definition) is 3. The predicted molar refractivity (Wildman–Crippen MR) is 109 cm³/mol. The van der Waals surface area contributed by atoms with Gasteiger partial charge in [-0.15, -0.1) is 11.3 Å². The first-order chi connectivity index (χ1) is 12.4. The van der Waals surface area contributed by atoms with E-state index < -0.39 is 10.0 Å². The highest BCUT2D eigenvalue weighted by Gasteiger charge is 2.34. The van der Waals surface area contributed by atoms with Crippen molar-refractivity contribution in [2.75, 3.05) is 6.54 Å². The molecule has 5 heteroatoms. The van der Waals surface area contributed by atoms with Crippen molar-refractivity contribution in [3.63, 3.8) is 0 Å². The van der Waals surface area contributed by atoms with Gasteiger partial charge in [0.2, 0.25) is 10.0 Å². The average molecular weight is 392 g/mol. The minimum atomic E-state index is -3.48. The summed E-state index contributed by atoms with van der Waals surface area (Å²) in [6, 6.07) is 9.58. The molecule has 142 valence electrons. The molecule has 1 fully saturated rings. The van der Waals surface area contributed by atoms with Crippen LogP contribution in [0.15, 0.2) is 40.6 Å². The largest absolute Gasteiger partial charge is 0.243 e. The molecular weight excluding hydrogens is 362 g/mol. The van der Waals surface area contributed by atoms with Crippen LogP contribution in [0.25, 0.3) is 0 Å². The Morgan fingerprint density at radius 1 is 1.12 bits per heavy atom. The number of rotatable bonds is 5. The van der Waals surface area contributed by atoms with Crippen molar-refractivity contribution >= 4 is 21.4 Å². The van der Waals surface area contributed by atoms with Gasteiger partial charge in [0.05, 0.1) is 10.9 Å². The molecule has 0 aliphatic carbocycles. The smallest absolute Gasteiger partial charge is 0.207 e. The first-order valence-corrected chi connectivity index (χ1v) is 11.9. The summed E-state index contributed by atoms with van der Waals surface area (Å²) in [6.45, 7) is 7.05. The minimum absolute atomic E-state index is 0.0298. The van der Waals surface area contributed by atoms with E-state index in [1.807, 2.05) is 12.1 Å². The zero-order valence-corrected chi connectivity index (χ0v) is 17.6. The third kappa shape index (κ3) is 4.21. The molecule has 2 heterocycles. The maximum atomic E-state index is 13.4. The molecular formula is C21H29NO2S2. The summed E-state index contributed by atoms with van der Waals surface area (Å²) < 4.78 is 28.6. The molecule has 0 saturated carbocycles. The Bertz CT molecular complexity index is 822. The Hall–Kier alpha value is -1.17. The van der Waals surface area contributed by atoms with E-state index in [1.54, 1.807) is 27.8 Å². The van der Waals surface area contributed by atoms with Crippen molar-refractivity contribution in [3.8, 4) is 0 Å². The zero-order chi connectivity index (χ0) is 18.7. The number of thiophene rings is 1. The third-order valence-electron chi connectivity index (χ3n) is 5.08. The zero-order valence-electron chi connectivity index (χ0n) is 15.9. The van der Waals surface area contributed by atoms with Crippen LogP contribution in [0.1, 0.15) is 61.6 Å². The molecule has 1 saturated heterocycles. The Morgan fingerprint density at radius 2 is 1.85 bits per heavy atom. The standard InChI is InChI=1S/C21H29NO2S2/c1-16(2)15-18-8-10-19(11-9-18)26(23,24)22-13-6-4-5-7-20(22)21-17(3)12-14-25-21/h8-12,14,16,20H,4-7,13,15H2,1-3H3. The lowest BCUT2D eigenvalue weighted by Crippen LogP contribution is -2.34. The predicted octanol–water partition coefficient (Wildman–Crippen LogP) is 5.56. The summed E-state index contributed by atoms with van der Waals surface area (Å²) in [5.41, 5.74) is 2.40. The van der Waals surface area contributed by atoms with Crippen molar-refractivity contribution in [2.24, 2.45) is 5.92 Å². The van der Waals surface area contributed by atoms with Crippen molar-refractivity contribution in [1.82, 2.24) is 4.31 Å². The van der Waals surface area contributed by atoms with Crippen molar-refractivity contribution in [1.29, 1.82) is 0 Å². The SMILES string of the molecule is Cc1ccsc1C1CCCCCN1S(=O)(=O)c1ccc(CC(C)C)cc1. The van der Waals surface area contributed by atoms with Gasteiger partial charge in [-0.3, -0.25) is 0 Å². The maximum Gasteiger partial charge on any atom is 0.243 e. The second-order valence-corrected chi connectivity index (χ2v) is 10.5. The van der Waals surface area contributed by atoms with Crippen LogP contribution in [0, 0.1) is 12.8 Å². The second-order valence-electron chi connectivity index (χ2n) is 7.69. The molecule has 1 atom stereocenters. The summed E-state index contributed by atoms with van der Waals surface area (Å²) in [5.74, 6) is 0.564. The lowest BCUT2D eigenvalue weighted by atomic mass is 10.0. The van der Waals surface area contributed by atoms with Gasteiger partial charge < -0.3 is 0 Å².